The van der Waals surface area contributed by atoms with Gasteiger partial charge in [-0.15, -0.1) is 12.4 Å². The summed E-state index contributed by atoms with van der Waals surface area (Å²) in [7, 11) is 0. The second kappa shape index (κ2) is 9.41. The summed E-state index contributed by atoms with van der Waals surface area (Å²) in [4.78, 5) is 6.89. The molecule has 1 aromatic rings. The number of aromatic nitrogens is 2. The molecule has 0 amide bonds. The van der Waals surface area contributed by atoms with Crippen LogP contribution >= 0.6 is 12.4 Å². The van der Waals surface area contributed by atoms with Gasteiger partial charge in [0.15, 0.2) is 0 Å². The normalized spacial score (nSPS) is 12.5. The number of ether oxygens (including phenoxy) is 1. The average molecular weight is 264 g/mol. The molecule has 0 bridgehead atoms. The lowest BCUT2D eigenvalue weighted by Gasteiger charge is -2.13. The molecule has 0 saturated carbocycles. The van der Waals surface area contributed by atoms with Crippen LogP contribution in [0.4, 0.5) is 0 Å². The number of rotatable bonds is 8. The van der Waals surface area contributed by atoms with Crippen molar-refractivity contribution in [3.63, 3.8) is 0 Å². The number of hydrogen-bond acceptors (Lipinski definition) is 4. The van der Waals surface area contributed by atoms with Crippen molar-refractivity contribution in [2.45, 2.75) is 26.5 Å². The lowest BCUT2D eigenvalue weighted by Crippen LogP contribution is -2.30. The third kappa shape index (κ3) is 8.15. The Labute approximate surface area is 108 Å². The molecule has 17 heavy (non-hydrogen) atoms. The largest absolute Gasteiger partial charge is 0.389 e. The minimum atomic E-state index is -0.457. The molecular weight excluding hydrogens is 242 g/mol. The van der Waals surface area contributed by atoms with E-state index >= 15 is 0 Å². The highest BCUT2D eigenvalue weighted by Crippen LogP contribution is 1.94. The fourth-order valence-electron chi connectivity index (χ4n) is 1.25. The smallest absolute Gasteiger partial charge is 0.0922 e. The molecule has 1 unspecified atom stereocenters. The van der Waals surface area contributed by atoms with Gasteiger partial charge in [-0.05, 0) is 5.92 Å². The van der Waals surface area contributed by atoms with Gasteiger partial charge in [0.2, 0.25) is 0 Å². The quantitative estimate of drug-likeness (QED) is 0.653. The number of nitrogens with one attached hydrogen (secondary N) is 2. The van der Waals surface area contributed by atoms with E-state index in [-0.39, 0.29) is 12.4 Å². The first-order valence-corrected chi connectivity index (χ1v) is 5.62. The number of halogens is 1. The Balaban J connectivity index is 0.00000256. The maximum atomic E-state index is 9.58. The Morgan fingerprint density at radius 2 is 2.24 bits per heavy atom. The zero-order valence-electron chi connectivity index (χ0n) is 10.3. The number of hydrogen-bond donors (Lipinski definition) is 3. The van der Waals surface area contributed by atoms with E-state index in [4.69, 9.17) is 4.74 Å². The van der Waals surface area contributed by atoms with Crippen molar-refractivity contribution in [1.82, 2.24) is 15.3 Å². The van der Waals surface area contributed by atoms with Crippen LogP contribution in [0.1, 0.15) is 19.5 Å². The topological polar surface area (TPSA) is 70.2 Å². The van der Waals surface area contributed by atoms with Crippen LogP contribution in [0.2, 0.25) is 0 Å². The van der Waals surface area contributed by atoms with Gasteiger partial charge in [-0.25, -0.2) is 4.98 Å². The zero-order chi connectivity index (χ0) is 11.8. The predicted molar refractivity (Wildman–Crippen MR) is 69.2 cm³/mol. The molecule has 0 radical (unpaired) electrons. The fraction of sp³-hybridized carbons (Fsp3) is 0.727. The fourth-order valence-corrected chi connectivity index (χ4v) is 1.25. The van der Waals surface area contributed by atoms with Gasteiger partial charge in [0.1, 0.15) is 0 Å². The second-order valence-corrected chi connectivity index (χ2v) is 4.29. The first kappa shape index (κ1) is 16.4. The first-order chi connectivity index (χ1) is 7.68. The number of aromatic amines is 1. The maximum absolute atomic E-state index is 9.58. The van der Waals surface area contributed by atoms with E-state index in [2.05, 4.69) is 29.1 Å². The van der Waals surface area contributed by atoms with Crippen LogP contribution in [0.15, 0.2) is 12.5 Å². The summed E-state index contributed by atoms with van der Waals surface area (Å²) in [5, 5.41) is 12.7. The van der Waals surface area contributed by atoms with Crippen molar-refractivity contribution < 1.29 is 9.84 Å². The zero-order valence-corrected chi connectivity index (χ0v) is 11.2. The van der Waals surface area contributed by atoms with Gasteiger partial charge in [-0.3, -0.25) is 0 Å². The van der Waals surface area contributed by atoms with Crippen molar-refractivity contribution >= 4 is 12.4 Å². The highest BCUT2D eigenvalue weighted by atomic mass is 35.5. The molecule has 0 spiro atoms. The molecule has 0 aliphatic carbocycles. The molecule has 1 heterocycles. The van der Waals surface area contributed by atoms with Gasteiger partial charge < -0.3 is 20.1 Å². The number of nitrogens with zero attached hydrogens (tertiary/aromatic N) is 1. The van der Waals surface area contributed by atoms with Gasteiger partial charge in [0.05, 0.1) is 19.0 Å². The van der Waals surface area contributed by atoms with Crippen LogP contribution in [0, 0.1) is 5.92 Å². The highest BCUT2D eigenvalue weighted by molar-refractivity contribution is 5.85. The van der Waals surface area contributed by atoms with Gasteiger partial charge in [-0.1, -0.05) is 13.8 Å². The highest BCUT2D eigenvalue weighted by Gasteiger charge is 2.04. The van der Waals surface area contributed by atoms with E-state index < -0.39 is 6.10 Å². The van der Waals surface area contributed by atoms with Crippen LogP contribution in [-0.4, -0.2) is 40.9 Å². The molecule has 1 aromatic heterocycles. The number of H-pyrrole nitrogens is 1. The summed E-state index contributed by atoms with van der Waals surface area (Å²) >= 11 is 0. The summed E-state index contributed by atoms with van der Waals surface area (Å²) in [6.45, 7) is 6.45. The lowest BCUT2D eigenvalue weighted by atomic mass is 10.2. The molecule has 0 aliphatic heterocycles. The van der Waals surface area contributed by atoms with Crippen molar-refractivity contribution in [2.24, 2.45) is 5.92 Å². The van der Waals surface area contributed by atoms with Gasteiger partial charge in [0.25, 0.3) is 0 Å². The van der Waals surface area contributed by atoms with Crippen molar-refractivity contribution in [3.8, 4) is 0 Å². The van der Waals surface area contributed by atoms with Crippen LogP contribution in [0.25, 0.3) is 0 Å². The Morgan fingerprint density at radius 3 is 2.82 bits per heavy atom. The number of imidazole rings is 1. The second-order valence-electron chi connectivity index (χ2n) is 4.29. The molecule has 100 valence electrons. The van der Waals surface area contributed by atoms with Crippen molar-refractivity contribution in [3.05, 3.63) is 18.2 Å². The van der Waals surface area contributed by atoms with Crippen LogP contribution in [-0.2, 0) is 11.3 Å². The monoisotopic (exact) mass is 263 g/mol. The Bertz CT molecular complexity index is 268. The van der Waals surface area contributed by atoms with E-state index in [9.17, 15) is 5.11 Å². The molecule has 0 saturated heterocycles. The van der Waals surface area contributed by atoms with Gasteiger partial charge >= 0.3 is 0 Å². The van der Waals surface area contributed by atoms with E-state index in [1.165, 1.54) is 0 Å². The SMILES string of the molecule is CC(C)COCC(O)CNCc1cnc[nH]1.Cl. The van der Waals surface area contributed by atoms with Crippen LogP contribution in [0.3, 0.4) is 0 Å². The lowest BCUT2D eigenvalue weighted by molar-refractivity contribution is 0.0260. The summed E-state index contributed by atoms with van der Waals surface area (Å²) in [6, 6.07) is 0. The minimum Gasteiger partial charge on any atom is -0.389 e. The third-order valence-electron chi connectivity index (χ3n) is 2.01. The first-order valence-electron chi connectivity index (χ1n) is 5.62. The third-order valence-corrected chi connectivity index (χ3v) is 2.01. The van der Waals surface area contributed by atoms with E-state index in [1.807, 2.05) is 0 Å². The summed E-state index contributed by atoms with van der Waals surface area (Å²) < 4.78 is 5.33. The van der Waals surface area contributed by atoms with Gasteiger partial charge in [0, 0.05) is 31.6 Å². The summed E-state index contributed by atoms with van der Waals surface area (Å²) in [6.07, 6.45) is 2.94. The van der Waals surface area contributed by atoms with Crippen LogP contribution < -0.4 is 5.32 Å². The van der Waals surface area contributed by atoms with Crippen molar-refractivity contribution in [1.29, 1.82) is 0 Å². The molecule has 5 nitrogen and oxygen atoms in total. The Hall–Kier alpha value is -0.620. The Morgan fingerprint density at radius 1 is 1.47 bits per heavy atom. The van der Waals surface area contributed by atoms with Gasteiger partial charge in [-0.2, -0.15) is 0 Å². The minimum absolute atomic E-state index is 0. The van der Waals surface area contributed by atoms with E-state index in [1.54, 1.807) is 12.5 Å². The molecule has 6 heteroatoms. The predicted octanol–water partition coefficient (Wildman–Crippen LogP) is 0.955. The maximum Gasteiger partial charge on any atom is 0.0922 e. The molecule has 3 N–H and O–H groups in total. The molecule has 1 rings (SSSR count). The number of aliphatic hydroxyl groups is 1. The number of aliphatic hydroxyl groups excluding tert-OH is 1. The molecular formula is C11H22ClN3O2. The standard InChI is InChI=1S/C11H21N3O2.ClH/c1-9(2)6-16-7-11(15)5-12-3-10-4-13-8-14-10;/h4,8-9,11-12,15H,3,5-7H2,1-2H3,(H,13,14);1H. The van der Waals surface area contributed by atoms with Crippen LogP contribution in [0.5, 0.6) is 0 Å². The molecule has 0 aliphatic rings. The molecule has 1 atom stereocenters. The molecule has 0 aromatic carbocycles. The van der Waals surface area contributed by atoms with E-state index in [0.717, 1.165) is 5.69 Å². The van der Waals surface area contributed by atoms with Crippen molar-refractivity contribution in [2.75, 3.05) is 19.8 Å². The summed E-state index contributed by atoms with van der Waals surface area (Å²) in [5.74, 6) is 0.505. The molecule has 0 fully saturated rings. The average Bonchev–Trinajstić information content (AvgIpc) is 2.70. The van der Waals surface area contributed by atoms with E-state index in [0.29, 0.717) is 32.2 Å². The Kier molecular flexibility index (Phi) is 9.07. The summed E-state index contributed by atoms with van der Waals surface area (Å²) in [5.41, 5.74) is 1.01.